The van der Waals surface area contributed by atoms with Crippen LogP contribution in [-0.2, 0) is 0 Å². The van der Waals surface area contributed by atoms with Crippen molar-refractivity contribution >= 4 is 38.6 Å². The first-order valence-corrected chi connectivity index (χ1v) is 16.3. The first-order valence-electron chi connectivity index (χ1n) is 8.24. The molecule has 0 saturated carbocycles. The molecule has 3 rings (SSSR count). The predicted octanol–water partition coefficient (Wildman–Crippen LogP) is 3.07. The molecule has 0 fully saturated rings. The van der Waals surface area contributed by atoms with Crippen LogP contribution in [0.2, 0.25) is 0 Å². The SMILES string of the molecule is COc1cc[c]([Ge]([Br])([c]2ccc(OC)cc2)[c]2ccc(OC)cc2)cc1. The second-order valence-corrected chi connectivity index (χ2v) is 18.4. The summed E-state index contributed by atoms with van der Waals surface area (Å²) in [4.78, 5) is 0. The van der Waals surface area contributed by atoms with Crippen molar-refractivity contribution in [3.63, 3.8) is 0 Å². The van der Waals surface area contributed by atoms with Crippen molar-refractivity contribution < 1.29 is 14.2 Å². The van der Waals surface area contributed by atoms with Crippen LogP contribution < -0.4 is 27.4 Å². The molecule has 0 heterocycles. The molecule has 3 aromatic rings. The Balaban J connectivity index is 2.15. The van der Waals surface area contributed by atoms with Gasteiger partial charge in [0.15, 0.2) is 0 Å². The Labute approximate surface area is 163 Å². The molecule has 0 bridgehead atoms. The zero-order valence-corrected chi connectivity index (χ0v) is 18.7. The Bertz CT molecular complexity index is 730. The minimum absolute atomic E-state index is 0.857. The molecule has 0 aliphatic rings. The van der Waals surface area contributed by atoms with E-state index in [-0.39, 0.29) is 0 Å². The fourth-order valence-electron chi connectivity index (χ4n) is 2.96. The number of halogens is 1. The van der Waals surface area contributed by atoms with Gasteiger partial charge in [-0.1, -0.05) is 0 Å². The zero-order chi connectivity index (χ0) is 18.6. The third kappa shape index (κ3) is 3.62. The van der Waals surface area contributed by atoms with Gasteiger partial charge in [-0.2, -0.15) is 0 Å². The van der Waals surface area contributed by atoms with Crippen molar-refractivity contribution in [2.24, 2.45) is 0 Å². The van der Waals surface area contributed by atoms with Gasteiger partial charge < -0.3 is 0 Å². The topological polar surface area (TPSA) is 27.7 Å². The number of hydrogen-bond acceptors (Lipinski definition) is 3. The van der Waals surface area contributed by atoms with Crippen LogP contribution in [0.15, 0.2) is 72.8 Å². The van der Waals surface area contributed by atoms with Crippen LogP contribution in [-0.4, -0.2) is 32.8 Å². The summed E-state index contributed by atoms with van der Waals surface area (Å²) in [6.45, 7) is 0. The summed E-state index contributed by atoms with van der Waals surface area (Å²) in [7, 11) is 5.06. The van der Waals surface area contributed by atoms with Gasteiger partial charge in [0.25, 0.3) is 0 Å². The molecule has 0 atom stereocenters. The molecule has 0 aliphatic carbocycles. The second kappa shape index (κ2) is 8.19. The molecular weight excluding hydrogens is 453 g/mol. The molecule has 5 heteroatoms. The van der Waals surface area contributed by atoms with Crippen LogP contribution in [0.25, 0.3) is 0 Å². The number of hydrogen-bond donors (Lipinski definition) is 0. The van der Waals surface area contributed by atoms with Crippen LogP contribution in [0.1, 0.15) is 0 Å². The third-order valence-electron chi connectivity index (χ3n) is 4.46. The molecule has 0 spiro atoms. The average Bonchev–Trinajstić information content (AvgIpc) is 2.73. The molecule has 0 aliphatic heterocycles. The van der Waals surface area contributed by atoms with Crippen LogP contribution in [0, 0.1) is 0 Å². The van der Waals surface area contributed by atoms with E-state index in [1.54, 1.807) is 21.3 Å². The first kappa shape index (κ1) is 18.9. The van der Waals surface area contributed by atoms with Crippen LogP contribution in [0.3, 0.4) is 0 Å². The van der Waals surface area contributed by atoms with E-state index in [1.165, 1.54) is 13.2 Å². The van der Waals surface area contributed by atoms with E-state index in [0.717, 1.165) is 17.2 Å². The molecular formula is C21H21BrGeO3. The van der Waals surface area contributed by atoms with E-state index in [2.05, 4.69) is 50.4 Å². The van der Waals surface area contributed by atoms with Crippen LogP contribution in [0.4, 0.5) is 0 Å². The Morgan fingerprint density at radius 2 is 0.731 bits per heavy atom. The zero-order valence-electron chi connectivity index (χ0n) is 15.0. The maximum atomic E-state index is 5.33. The van der Waals surface area contributed by atoms with Gasteiger partial charge >= 0.3 is 164 Å². The van der Waals surface area contributed by atoms with E-state index in [1.807, 2.05) is 36.4 Å². The first-order chi connectivity index (χ1) is 12.6. The Morgan fingerprint density at radius 1 is 0.500 bits per heavy atom. The van der Waals surface area contributed by atoms with Crippen molar-refractivity contribution in [3.8, 4) is 17.2 Å². The molecule has 0 saturated heterocycles. The van der Waals surface area contributed by atoms with Gasteiger partial charge in [0.1, 0.15) is 0 Å². The quantitative estimate of drug-likeness (QED) is 0.515. The summed E-state index contributed by atoms with van der Waals surface area (Å²) in [6.07, 6.45) is 0. The summed E-state index contributed by atoms with van der Waals surface area (Å²) >= 11 is 1.23. The Hall–Kier alpha value is -1.92. The predicted molar refractivity (Wildman–Crippen MR) is 113 cm³/mol. The average molecular weight is 474 g/mol. The van der Waals surface area contributed by atoms with Gasteiger partial charge in [-0.3, -0.25) is 0 Å². The number of rotatable bonds is 6. The molecule has 134 valence electrons. The molecule has 0 radical (unpaired) electrons. The van der Waals surface area contributed by atoms with Crippen molar-refractivity contribution in [1.82, 2.24) is 0 Å². The van der Waals surface area contributed by atoms with Crippen molar-refractivity contribution in [2.75, 3.05) is 21.3 Å². The monoisotopic (exact) mass is 474 g/mol. The summed E-state index contributed by atoms with van der Waals surface area (Å²) in [6, 6.07) is 25.0. The maximum absolute atomic E-state index is 5.33. The van der Waals surface area contributed by atoms with Gasteiger partial charge in [0.2, 0.25) is 0 Å². The fraction of sp³-hybridized carbons (Fsp3) is 0.143. The van der Waals surface area contributed by atoms with Gasteiger partial charge in [-0.15, -0.1) is 0 Å². The molecule has 0 amide bonds. The molecule has 0 aromatic heterocycles. The summed E-state index contributed by atoms with van der Waals surface area (Å²) in [5.41, 5.74) is 0. The summed E-state index contributed by atoms with van der Waals surface area (Å²) in [5.74, 6) is 2.57. The van der Waals surface area contributed by atoms with Gasteiger partial charge in [0, 0.05) is 0 Å². The van der Waals surface area contributed by atoms with E-state index < -0.39 is 11.4 Å². The number of methoxy groups -OCH3 is 3. The van der Waals surface area contributed by atoms with Crippen LogP contribution >= 0.6 is 14.0 Å². The van der Waals surface area contributed by atoms with Gasteiger partial charge in [0.05, 0.1) is 0 Å². The number of benzene rings is 3. The normalized spacial score (nSPS) is 11.1. The summed E-state index contributed by atoms with van der Waals surface area (Å²) < 4.78 is 19.9. The van der Waals surface area contributed by atoms with Crippen LogP contribution in [0.5, 0.6) is 17.2 Å². The summed E-state index contributed by atoms with van der Waals surface area (Å²) in [5, 5.41) is 0. The minimum atomic E-state index is -2.98. The van der Waals surface area contributed by atoms with E-state index in [9.17, 15) is 0 Å². The van der Waals surface area contributed by atoms with Crippen molar-refractivity contribution in [2.45, 2.75) is 0 Å². The van der Waals surface area contributed by atoms with E-state index in [0.29, 0.717) is 0 Å². The molecule has 0 unspecified atom stereocenters. The van der Waals surface area contributed by atoms with E-state index >= 15 is 0 Å². The Morgan fingerprint density at radius 3 is 0.923 bits per heavy atom. The second-order valence-electron chi connectivity index (χ2n) is 5.84. The fourth-order valence-corrected chi connectivity index (χ4v) is 13.1. The molecule has 0 N–H and O–H groups in total. The van der Waals surface area contributed by atoms with Gasteiger partial charge in [-0.05, 0) is 0 Å². The van der Waals surface area contributed by atoms with E-state index in [4.69, 9.17) is 14.2 Å². The molecule has 26 heavy (non-hydrogen) atoms. The Kier molecular flexibility index (Phi) is 5.94. The molecule has 3 nitrogen and oxygen atoms in total. The van der Waals surface area contributed by atoms with Crippen molar-refractivity contribution in [3.05, 3.63) is 72.8 Å². The molecule has 3 aromatic carbocycles. The van der Waals surface area contributed by atoms with Gasteiger partial charge in [-0.25, -0.2) is 0 Å². The standard InChI is InChI=1S/C21H21BrGeO3/c1-24-19-10-4-16(5-11-19)23(22,17-6-12-20(25-2)13-7-17)18-8-14-21(26-3)15-9-18/h4-15H,1-3H3. The van der Waals surface area contributed by atoms with Crippen molar-refractivity contribution in [1.29, 1.82) is 0 Å². The third-order valence-corrected chi connectivity index (χ3v) is 18.7. The number of ether oxygens (including phenoxy) is 3.